The van der Waals surface area contributed by atoms with Gasteiger partial charge in [0.15, 0.2) is 0 Å². The van der Waals surface area contributed by atoms with E-state index >= 15 is 0 Å². The molecule has 8 heteroatoms. The van der Waals surface area contributed by atoms with Gasteiger partial charge < -0.3 is 14.7 Å². The number of ether oxygens (including phenoxy) is 1. The molecule has 1 aromatic carbocycles. The van der Waals surface area contributed by atoms with Gasteiger partial charge in [0, 0.05) is 67.6 Å². The number of benzene rings is 1. The van der Waals surface area contributed by atoms with Crippen LogP contribution < -0.4 is 4.74 Å². The highest BCUT2D eigenvalue weighted by Crippen LogP contribution is 2.40. The zero-order chi connectivity index (χ0) is 23.1. The molecule has 1 fully saturated rings. The van der Waals surface area contributed by atoms with Crippen molar-refractivity contribution >= 4 is 17.0 Å². The standard InChI is InChI=1S/C26H25N5O3/c32-26(33)30-14-9-17(10-15-30)34-18-6-7-19-20(8-12-28-22(19)16-18)24-23-5-3-13-31(23)29-25(24)21-4-1-2-11-27-21/h1-2,4,6-8,11-12,16-17H,3,5,9-10,13-15H2,(H,32,33). The molecule has 0 unspecified atom stereocenters. The first-order valence-corrected chi connectivity index (χ1v) is 11.7. The maximum atomic E-state index is 11.1. The highest BCUT2D eigenvalue weighted by Gasteiger charge is 2.26. The van der Waals surface area contributed by atoms with Crippen LogP contribution in [0.5, 0.6) is 5.75 Å². The molecule has 6 rings (SSSR count). The molecule has 0 bridgehead atoms. The van der Waals surface area contributed by atoms with Gasteiger partial charge in [-0.15, -0.1) is 0 Å². The second-order valence-electron chi connectivity index (χ2n) is 8.84. The van der Waals surface area contributed by atoms with Crippen LogP contribution in [0.25, 0.3) is 33.4 Å². The van der Waals surface area contributed by atoms with E-state index in [0.29, 0.717) is 25.9 Å². The average Bonchev–Trinajstić information content (AvgIpc) is 3.46. The van der Waals surface area contributed by atoms with Crippen LogP contribution in [0.15, 0.2) is 54.9 Å². The van der Waals surface area contributed by atoms with Crippen molar-refractivity contribution in [3.8, 4) is 28.3 Å². The van der Waals surface area contributed by atoms with E-state index in [1.807, 2.05) is 36.5 Å². The van der Waals surface area contributed by atoms with E-state index in [2.05, 4.69) is 26.8 Å². The first-order chi connectivity index (χ1) is 16.7. The fourth-order valence-electron chi connectivity index (χ4n) is 5.07. The number of carboxylic acid groups (broad SMARTS) is 1. The molecule has 3 aromatic heterocycles. The van der Waals surface area contributed by atoms with Crippen molar-refractivity contribution in [2.24, 2.45) is 0 Å². The van der Waals surface area contributed by atoms with Gasteiger partial charge in [0.2, 0.25) is 0 Å². The van der Waals surface area contributed by atoms with E-state index in [0.717, 1.165) is 58.6 Å². The maximum absolute atomic E-state index is 11.1. The fourth-order valence-corrected chi connectivity index (χ4v) is 5.07. The predicted octanol–water partition coefficient (Wildman–Crippen LogP) is 4.63. The van der Waals surface area contributed by atoms with Gasteiger partial charge in [-0.05, 0) is 48.7 Å². The number of carbonyl (C=O) groups is 1. The lowest BCUT2D eigenvalue weighted by Crippen LogP contribution is -2.41. The molecule has 5 heterocycles. The molecule has 1 saturated heterocycles. The molecular formula is C26H25N5O3. The monoisotopic (exact) mass is 455 g/mol. The first-order valence-electron chi connectivity index (χ1n) is 11.7. The van der Waals surface area contributed by atoms with Gasteiger partial charge in [0.1, 0.15) is 17.5 Å². The Kier molecular flexibility index (Phi) is 5.13. The van der Waals surface area contributed by atoms with Crippen LogP contribution in [0.2, 0.25) is 0 Å². The predicted molar refractivity (Wildman–Crippen MR) is 128 cm³/mol. The second-order valence-corrected chi connectivity index (χ2v) is 8.84. The van der Waals surface area contributed by atoms with Crippen molar-refractivity contribution in [2.45, 2.75) is 38.3 Å². The largest absolute Gasteiger partial charge is 0.490 e. The van der Waals surface area contributed by atoms with Crippen molar-refractivity contribution < 1.29 is 14.6 Å². The number of aryl methyl sites for hydroxylation is 1. The summed E-state index contributed by atoms with van der Waals surface area (Å²) >= 11 is 0. The smallest absolute Gasteiger partial charge is 0.407 e. The lowest BCUT2D eigenvalue weighted by Gasteiger charge is -2.30. The molecule has 0 radical (unpaired) electrons. The lowest BCUT2D eigenvalue weighted by molar-refractivity contribution is 0.0895. The van der Waals surface area contributed by atoms with Crippen LogP contribution in [0, 0.1) is 0 Å². The molecule has 4 aromatic rings. The van der Waals surface area contributed by atoms with Gasteiger partial charge in [0.25, 0.3) is 0 Å². The van der Waals surface area contributed by atoms with E-state index in [-0.39, 0.29) is 6.10 Å². The summed E-state index contributed by atoms with van der Waals surface area (Å²) in [7, 11) is 0. The number of nitrogens with zero attached hydrogens (tertiary/aromatic N) is 5. The molecule has 8 nitrogen and oxygen atoms in total. The summed E-state index contributed by atoms with van der Waals surface area (Å²) in [5.74, 6) is 0.760. The van der Waals surface area contributed by atoms with E-state index in [1.165, 1.54) is 10.6 Å². The Balaban J connectivity index is 1.35. The summed E-state index contributed by atoms with van der Waals surface area (Å²) in [6.45, 7) is 1.93. The fraction of sp³-hybridized carbons (Fsp3) is 0.308. The van der Waals surface area contributed by atoms with Gasteiger partial charge in [-0.1, -0.05) is 6.07 Å². The summed E-state index contributed by atoms with van der Waals surface area (Å²) in [4.78, 5) is 21.8. The number of rotatable bonds is 4. The van der Waals surface area contributed by atoms with Crippen LogP contribution in [0.1, 0.15) is 25.0 Å². The third kappa shape index (κ3) is 3.65. The number of aromatic nitrogens is 4. The van der Waals surface area contributed by atoms with Crippen molar-refractivity contribution in [3.05, 3.63) is 60.6 Å². The SMILES string of the molecule is O=C(O)N1CCC(Oc2ccc3c(-c4c(-c5ccccn5)nn5c4CCC5)ccnc3c2)CC1. The molecule has 2 aliphatic rings. The second kappa shape index (κ2) is 8.44. The number of hydrogen-bond donors (Lipinski definition) is 1. The molecule has 0 aliphatic carbocycles. The molecule has 172 valence electrons. The summed E-state index contributed by atoms with van der Waals surface area (Å²) < 4.78 is 8.32. The molecule has 0 spiro atoms. The van der Waals surface area contributed by atoms with E-state index in [9.17, 15) is 4.79 Å². The highest BCUT2D eigenvalue weighted by atomic mass is 16.5. The molecule has 34 heavy (non-hydrogen) atoms. The quantitative estimate of drug-likeness (QED) is 0.482. The Morgan fingerprint density at radius 3 is 2.71 bits per heavy atom. The zero-order valence-electron chi connectivity index (χ0n) is 18.7. The Morgan fingerprint density at radius 1 is 1.03 bits per heavy atom. The Labute approximate surface area is 196 Å². The minimum atomic E-state index is -0.863. The maximum Gasteiger partial charge on any atom is 0.407 e. The minimum absolute atomic E-state index is 0.00549. The summed E-state index contributed by atoms with van der Waals surface area (Å²) in [6.07, 6.45) is 6.26. The summed E-state index contributed by atoms with van der Waals surface area (Å²) in [5, 5.41) is 15.1. The molecule has 0 atom stereocenters. The lowest BCUT2D eigenvalue weighted by atomic mass is 9.96. The van der Waals surface area contributed by atoms with E-state index in [1.54, 1.807) is 6.20 Å². The number of likely N-dealkylation sites (tertiary alicyclic amines) is 1. The van der Waals surface area contributed by atoms with Crippen molar-refractivity contribution in [3.63, 3.8) is 0 Å². The van der Waals surface area contributed by atoms with Crippen molar-refractivity contribution in [1.29, 1.82) is 0 Å². The third-order valence-electron chi connectivity index (χ3n) is 6.75. The van der Waals surface area contributed by atoms with Crippen LogP contribution in [0.4, 0.5) is 4.79 Å². The third-order valence-corrected chi connectivity index (χ3v) is 6.75. The zero-order valence-corrected chi connectivity index (χ0v) is 18.7. The number of fused-ring (bicyclic) bond motifs is 2. The number of hydrogen-bond acceptors (Lipinski definition) is 5. The Hall–Kier alpha value is -3.94. The minimum Gasteiger partial charge on any atom is -0.490 e. The topological polar surface area (TPSA) is 93.4 Å². The van der Waals surface area contributed by atoms with E-state index < -0.39 is 6.09 Å². The van der Waals surface area contributed by atoms with Gasteiger partial charge in [0.05, 0.1) is 11.2 Å². The van der Waals surface area contributed by atoms with Crippen LogP contribution >= 0.6 is 0 Å². The molecule has 0 saturated carbocycles. The molecule has 2 aliphatic heterocycles. The summed E-state index contributed by atoms with van der Waals surface area (Å²) in [5.41, 5.74) is 6.14. The van der Waals surface area contributed by atoms with Gasteiger partial charge in [-0.25, -0.2) is 4.79 Å². The van der Waals surface area contributed by atoms with Gasteiger partial charge >= 0.3 is 6.09 Å². The van der Waals surface area contributed by atoms with Crippen LogP contribution in [-0.4, -0.2) is 55.0 Å². The number of pyridine rings is 2. The van der Waals surface area contributed by atoms with Gasteiger partial charge in [-0.2, -0.15) is 5.10 Å². The van der Waals surface area contributed by atoms with Gasteiger partial charge in [-0.3, -0.25) is 14.6 Å². The van der Waals surface area contributed by atoms with Crippen molar-refractivity contribution in [1.82, 2.24) is 24.6 Å². The molecule has 1 N–H and O–H groups in total. The number of amides is 1. The number of piperidine rings is 1. The molecule has 1 amide bonds. The Morgan fingerprint density at radius 2 is 1.91 bits per heavy atom. The van der Waals surface area contributed by atoms with E-state index in [4.69, 9.17) is 14.9 Å². The molecular weight excluding hydrogens is 430 g/mol. The average molecular weight is 456 g/mol. The Bertz CT molecular complexity index is 1360. The van der Waals surface area contributed by atoms with Crippen molar-refractivity contribution in [2.75, 3.05) is 13.1 Å². The normalized spacial score (nSPS) is 16.1. The van der Waals surface area contributed by atoms with Crippen LogP contribution in [0.3, 0.4) is 0 Å². The summed E-state index contributed by atoms with van der Waals surface area (Å²) in [6, 6.07) is 14.0. The van der Waals surface area contributed by atoms with Crippen LogP contribution in [-0.2, 0) is 13.0 Å². The highest BCUT2D eigenvalue weighted by molar-refractivity contribution is 5.99. The first kappa shape index (κ1) is 20.7.